The second kappa shape index (κ2) is 10.7. The standard InChI is InChI=1S/C21H24N2O5/c1-2-28-18-7-4-3-6-17(18)21(27)22-13-5-8-19(24)23-16-11-9-15(10-12-16)14-20(25)26/h3-4,6-7,9-12H,2,5,8,13-14H2,1H3,(H,22,27)(H,23,24)(H,25,26). The van der Waals surface area contributed by atoms with Crippen molar-refractivity contribution in [3.63, 3.8) is 0 Å². The second-order valence-electron chi connectivity index (χ2n) is 6.10. The molecule has 7 heteroatoms. The van der Waals surface area contributed by atoms with Gasteiger partial charge in [0.15, 0.2) is 0 Å². The van der Waals surface area contributed by atoms with E-state index in [1.165, 1.54) is 0 Å². The highest BCUT2D eigenvalue weighted by Crippen LogP contribution is 2.17. The van der Waals surface area contributed by atoms with Crippen LogP contribution in [0.3, 0.4) is 0 Å². The Labute approximate surface area is 163 Å². The SMILES string of the molecule is CCOc1ccccc1C(=O)NCCCC(=O)Nc1ccc(CC(=O)O)cc1. The highest BCUT2D eigenvalue weighted by Gasteiger charge is 2.11. The van der Waals surface area contributed by atoms with Crippen molar-refractivity contribution >= 4 is 23.5 Å². The predicted molar refractivity (Wildman–Crippen MR) is 106 cm³/mol. The smallest absolute Gasteiger partial charge is 0.307 e. The van der Waals surface area contributed by atoms with Crippen molar-refractivity contribution in [2.45, 2.75) is 26.2 Å². The summed E-state index contributed by atoms with van der Waals surface area (Å²) in [5, 5.41) is 14.3. The van der Waals surface area contributed by atoms with E-state index in [4.69, 9.17) is 9.84 Å². The summed E-state index contributed by atoms with van der Waals surface area (Å²) in [4.78, 5) is 34.9. The number of rotatable bonds is 10. The third kappa shape index (κ3) is 6.75. The number of nitrogens with one attached hydrogen (secondary N) is 2. The van der Waals surface area contributed by atoms with Crippen LogP contribution in [0.4, 0.5) is 5.69 Å². The van der Waals surface area contributed by atoms with Gasteiger partial charge in [-0.2, -0.15) is 0 Å². The van der Waals surface area contributed by atoms with Crippen LogP contribution < -0.4 is 15.4 Å². The minimum atomic E-state index is -0.900. The summed E-state index contributed by atoms with van der Waals surface area (Å²) >= 11 is 0. The van der Waals surface area contributed by atoms with Crippen LogP contribution in [0.5, 0.6) is 5.75 Å². The fourth-order valence-corrected chi connectivity index (χ4v) is 2.59. The van der Waals surface area contributed by atoms with Gasteiger partial charge in [-0.1, -0.05) is 24.3 Å². The number of ether oxygens (including phenoxy) is 1. The molecule has 7 nitrogen and oxygen atoms in total. The molecule has 0 spiro atoms. The number of hydrogen-bond donors (Lipinski definition) is 3. The molecule has 2 aromatic carbocycles. The lowest BCUT2D eigenvalue weighted by atomic mass is 10.1. The lowest BCUT2D eigenvalue weighted by Gasteiger charge is -2.10. The number of carboxylic acid groups (broad SMARTS) is 1. The molecule has 0 saturated heterocycles. The summed E-state index contributed by atoms with van der Waals surface area (Å²) in [6, 6.07) is 13.7. The molecule has 2 rings (SSSR count). The van der Waals surface area contributed by atoms with E-state index in [2.05, 4.69) is 10.6 Å². The first-order chi connectivity index (χ1) is 13.5. The van der Waals surface area contributed by atoms with E-state index in [9.17, 15) is 14.4 Å². The predicted octanol–water partition coefficient (Wildman–Crippen LogP) is 2.86. The number of anilines is 1. The Morgan fingerprint density at radius 1 is 1.04 bits per heavy atom. The summed E-state index contributed by atoms with van der Waals surface area (Å²) < 4.78 is 5.44. The Kier molecular flexibility index (Phi) is 8.02. The van der Waals surface area contributed by atoms with Crippen molar-refractivity contribution in [2.24, 2.45) is 0 Å². The lowest BCUT2D eigenvalue weighted by Crippen LogP contribution is -2.26. The average Bonchev–Trinajstić information content (AvgIpc) is 2.67. The van der Waals surface area contributed by atoms with Gasteiger partial charge in [-0.25, -0.2) is 0 Å². The van der Waals surface area contributed by atoms with Crippen LogP contribution >= 0.6 is 0 Å². The van der Waals surface area contributed by atoms with Crippen LogP contribution in [0.25, 0.3) is 0 Å². The molecule has 0 aliphatic carbocycles. The number of carbonyl (C=O) groups is 3. The minimum absolute atomic E-state index is 0.0552. The van der Waals surface area contributed by atoms with E-state index in [0.717, 1.165) is 0 Å². The molecule has 0 saturated carbocycles. The summed E-state index contributed by atoms with van der Waals surface area (Å²) in [6.07, 6.45) is 0.691. The van der Waals surface area contributed by atoms with Crippen LogP contribution in [-0.4, -0.2) is 36.0 Å². The molecule has 0 unspecified atom stereocenters. The van der Waals surface area contributed by atoms with Gasteiger partial charge in [-0.15, -0.1) is 0 Å². The quantitative estimate of drug-likeness (QED) is 0.547. The Hall–Kier alpha value is -3.35. The Morgan fingerprint density at radius 3 is 2.43 bits per heavy atom. The number of carboxylic acids is 1. The minimum Gasteiger partial charge on any atom is -0.493 e. The molecule has 0 heterocycles. The first kappa shape index (κ1) is 21.0. The monoisotopic (exact) mass is 384 g/mol. The highest BCUT2D eigenvalue weighted by molar-refractivity contribution is 5.97. The van der Waals surface area contributed by atoms with Gasteiger partial charge in [0.1, 0.15) is 5.75 Å². The first-order valence-corrected chi connectivity index (χ1v) is 9.10. The van der Waals surface area contributed by atoms with Gasteiger partial charge in [-0.05, 0) is 43.2 Å². The van der Waals surface area contributed by atoms with E-state index in [-0.39, 0.29) is 24.7 Å². The third-order valence-corrected chi connectivity index (χ3v) is 3.89. The zero-order chi connectivity index (χ0) is 20.4. The summed E-state index contributed by atoms with van der Waals surface area (Å²) in [7, 11) is 0. The number of carbonyl (C=O) groups excluding carboxylic acids is 2. The maximum Gasteiger partial charge on any atom is 0.307 e. The molecule has 148 valence electrons. The van der Waals surface area contributed by atoms with Gasteiger partial charge < -0.3 is 20.5 Å². The third-order valence-electron chi connectivity index (χ3n) is 3.89. The number of hydrogen-bond acceptors (Lipinski definition) is 4. The topological polar surface area (TPSA) is 105 Å². The van der Waals surface area contributed by atoms with Gasteiger partial charge in [-0.3, -0.25) is 14.4 Å². The van der Waals surface area contributed by atoms with Gasteiger partial charge in [0, 0.05) is 18.7 Å². The molecular formula is C21H24N2O5. The number of benzene rings is 2. The van der Waals surface area contributed by atoms with Gasteiger partial charge in [0.25, 0.3) is 5.91 Å². The molecule has 0 aliphatic rings. The van der Waals surface area contributed by atoms with E-state index >= 15 is 0 Å². The van der Waals surface area contributed by atoms with Crippen LogP contribution in [-0.2, 0) is 16.0 Å². The van der Waals surface area contributed by atoms with Gasteiger partial charge >= 0.3 is 5.97 Å². The molecule has 0 bridgehead atoms. The lowest BCUT2D eigenvalue weighted by molar-refractivity contribution is -0.136. The van der Waals surface area contributed by atoms with Crippen LogP contribution in [0.15, 0.2) is 48.5 Å². The fraction of sp³-hybridized carbons (Fsp3) is 0.286. The highest BCUT2D eigenvalue weighted by atomic mass is 16.5. The molecule has 0 aliphatic heterocycles. The fourth-order valence-electron chi connectivity index (χ4n) is 2.59. The normalized spacial score (nSPS) is 10.2. The molecule has 2 amide bonds. The maximum atomic E-state index is 12.3. The van der Waals surface area contributed by atoms with Crippen molar-refractivity contribution in [1.29, 1.82) is 0 Å². The molecule has 3 N–H and O–H groups in total. The van der Waals surface area contributed by atoms with Crippen molar-refractivity contribution in [3.05, 3.63) is 59.7 Å². The molecule has 0 fully saturated rings. The molecule has 2 aromatic rings. The van der Waals surface area contributed by atoms with Gasteiger partial charge in [0.2, 0.25) is 5.91 Å². The summed E-state index contributed by atoms with van der Waals surface area (Å²) in [5.74, 6) is -0.775. The van der Waals surface area contributed by atoms with Crippen molar-refractivity contribution < 1.29 is 24.2 Å². The molecule has 0 aromatic heterocycles. The van der Waals surface area contributed by atoms with Crippen LogP contribution in [0.2, 0.25) is 0 Å². The largest absolute Gasteiger partial charge is 0.493 e. The molecular weight excluding hydrogens is 360 g/mol. The van der Waals surface area contributed by atoms with Crippen LogP contribution in [0, 0.1) is 0 Å². The van der Waals surface area contributed by atoms with Crippen molar-refractivity contribution in [1.82, 2.24) is 5.32 Å². The van der Waals surface area contributed by atoms with Crippen molar-refractivity contribution in [2.75, 3.05) is 18.5 Å². The van der Waals surface area contributed by atoms with Crippen molar-refractivity contribution in [3.8, 4) is 5.75 Å². The zero-order valence-electron chi connectivity index (χ0n) is 15.7. The average molecular weight is 384 g/mol. The maximum absolute atomic E-state index is 12.3. The van der Waals surface area contributed by atoms with Crippen LogP contribution in [0.1, 0.15) is 35.7 Å². The van der Waals surface area contributed by atoms with E-state index < -0.39 is 5.97 Å². The van der Waals surface area contributed by atoms with E-state index in [0.29, 0.717) is 42.1 Å². The van der Waals surface area contributed by atoms with E-state index in [1.54, 1.807) is 48.5 Å². The summed E-state index contributed by atoms with van der Waals surface area (Å²) in [6.45, 7) is 2.69. The zero-order valence-corrected chi connectivity index (χ0v) is 15.7. The summed E-state index contributed by atoms with van der Waals surface area (Å²) in [5.41, 5.74) is 1.74. The number of aliphatic carboxylic acids is 1. The molecule has 0 atom stereocenters. The Balaban J connectivity index is 1.74. The number of para-hydroxylation sites is 1. The second-order valence-corrected chi connectivity index (χ2v) is 6.10. The van der Waals surface area contributed by atoms with E-state index in [1.807, 2.05) is 6.92 Å². The molecule has 28 heavy (non-hydrogen) atoms. The van der Waals surface area contributed by atoms with Gasteiger partial charge in [0.05, 0.1) is 18.6 Å². The number of amides is 2. The molecule has 0 radical (unpaired) electrons. The first-order valence-electron chi connectivity index (χ1n) is 9.10. The Morgan fingerprint density at radius 2 is 1.75 bits per heavy atom. The Bertz CT molecular complexity index is 818.